The van der Waals surface area contributed by atoms with Gasteiger partial charge in [0, 0.05) is 38.5 Å². The first-order chi connectivity index (χ1) is 7.54. The Morgan fingerprint density at radius 2 is 2.25 bits per heavy atom. The molecule has 0 saturated carbocycles. The summed E-state index contributed by atoms with van der Waals surface area (Å²) < 4.78 is 1.50. The predicted octanol–water partition coefficient (Wildman–Crippen LogP) is 0.834. The van der Waals surface area contributed by atoms with Crippen LogP contribution in [0.25, 0.3) is 0 Å². The summed E-state index contributed by atoms with van der Waals surface area (Å²) in [7, 11) is 3.43. The fourth-order valence-electron chi connectivity index (χ4n) is 1.55. The molecule has 1 aromatic rings. The first-order valence-electron chi connectivity index (χ1n) is 5.13. The Balaban J connectivity index is 2.82. The lowest BCUT2D eigenvalue weighted by molar-refractivity contribution is -0.137. The van der Waals surface area contributed by atoms with E-state index in [1.807, 2.05) is 0 Å². The summed E-state index contributed by atoms with van der Waals surface area (Å²) in [5, 5.41) is 11.5. The summed E-state index contributed by atoms with van der Waals surface area (Å²) in [6, 6.07) is 1.52. The number of nitrogens with zero attached hydrogens (tertiary/aromatic N) is 1. The highest BCUT2D eigenvalue weighted by atomic mass is 16.4. The molecule has 0 spiro atoms. The molecule has 0 aliphatic heterocycles. The summed E-state index contributed by atoms with van der Waals surface area (Å²) in [6.07, 6.45) is 3.11. The number of carboxylic acid groups (broad SMARTS) is 1. The van der Waals surface area contributed by atoms with Crippen LogP contribution in [0.1, 0.15) is 18.4 Å². The molecule has 0 aromatic carbocycles. The van der Waals surface area contributed by atoms with Crippen molar-refractivity contribution < 1.29 is 9.90 Å². The third kappa shape index (κ3) is 3.12. The zero-order chi connectivity index (χ0) is 12.1. The molecule has 0 bridgehead atoms. The number of hydrogen-bond donors (Lipinski definition) is 2. The number of aromatic nitrogens is 1. The van der Waals surface area contributed by atoms with E-state index in [0.29, 0.717) is 12.8 Å². The second-order valence-electron chi connectivity index (χ2n) is 3.66. The van der Waals surface area contributed by atoms with Crippen LogP contribution >= 0.6 is 0 Å². The van der Waals surface area contributed by atoms with Crippen LogP contribution in [0.3, 0.4) is 0 Å². The van der Waals surface area contributed by atoms with Crippen molar-refractivity contribution in [2.45, 2.75) is 19.3 Å². The van der Waals surface area contributed by atoms with Crippen LogP contribution in [0.5, 0.6) is 0 Å². The highest BCUT2D eigenvalue weighted by Gasteiger charge is 2.05. The Kier molecular flexibility index (Phi) is 4.10. The molecule has 88 valence electrons. The third-order valence-corrected chi connectivity index (χ3v) is 2.42. The van der Waals surface area contributed by atoms with Gasteiger partial charge in [-0.2, -0.15) is 0 Å². The van der Waals surface area contributed by atoms with Crippen LogP contribution in [-0.2, 0) is 18.3 Å². The first-order valence-corrected chi connectivity index (χ1v) is 5.13. The zero-order valence-electron chi connectivity index (χ0n) is 9.49. The van der Waals surface area contributed by atoms with E-state index in [0.717, 1.165) is 11.3 Å². The van der Waals surface area contributed by atoms with Gasteiger partial charge in [0.05, 0.1) is 0 Å². The van der Waals surface area contributed by atoms with Crippen LogP contribution < -0.4 is 10.9 Å². The van der Waals surface area contributed by atoms with Crippen molar-refractivity contribution >= 4 is 11.7 Å². The SMILES string of the molecule is CNc1cc(=O)n(C)cc1CCCC(=O)O. The highest BCUT2D eigenvalue weighted by molar-refractivity contribution is 5.66. The monoisotopic (exact) mass is 224 g/mol. The van der Waals surface area contributed by atoms with Gasteiger partial charge in [0.25, 0.3) is 5.56 Å². The van der Waals surface area contributed by atoms with Gasteiger partial charge in [0.15, 0.2) is 0 Å². The number of hydrogen-bond acceptors (Lipinski definition) is 3. The molecule has 0 radical (unpaired) electrons. The maximum Gasteiger partial charge on any atom is 0.303 e. The summed E-state index contributed by atoms with van der Waals surface area (Å²) in [5.41, 5.74) is 1.66. The van der Waals surface area contributed by atoms with Crippen LogP contribution in [0.15, 0.2) is 17.1 Å². The third-order valence-electron chi connectivity index (χ3n) is 2.42. The molecule has 1 rings (SSSR count). The summed E-state index contributed by atoms with van der Waals surface area (Å²) >= 11 is 0. The molecular weight excluding hydrogens is 208 g/mol. The van der Waals surface area contributed by atoms with Gasteiger partial charge < -0.3 is 15.0 Å². The minimum absolute atomic E-state index is 0.0775. The smallest absolute Gasteiger partial charge is 0.303 e. The van der Waals surface area contributed by atoms with Gasteiger partial charge in [-0.05, 0) is 18.4 Å². The number of nitrogens with one attached hydrogen (secondary N) is 1. The van der Waals surface area contributed by atoms with Gasteiger partial charge in [-0.1, -0.05) is 0 Å². The van der Waals surface area contributed by atoms with E-state index in [-0.39, 0.29) is 12.0 Å². The Bertz CT molecular complexity index is 437. The van der Waals surface area contributed by atoms with E-state index in [1.165, 1.54) is 10.6 Å². The lowest BCUT2D eigenvalue weighted by atomic mass is 10.1. The minimum atomic E-state index is -0.796. The molecule has 0 aliphatic rings. The first kappa shape index (κ1) is 12.3. The van der Waals surface area contributed by atoms with Crippen molar-refractivity contribution in [1.82, 2.24) is 4.57 Å². The van der Waals surface area contributed by atoms with Crippen molar-refractivity contribution in [1.29, 1.82) is 0 Å². The Morgan fingerprint density at radius 3 is 2.81 bits per heavy atom. The minimum Gasteiger partial charge on any atom is -0.481 e. The summed E-state index contributed by atoms with van der Waals surface area (Å²) in [6.45, 7) is 0. The lowest BCUT2D eigenvalue weighted by Crippen LogP contribution is -2.17. The second kappa shape index (κ2) is 5.34. The average molecular weight is 224 g/mol. The average Bonchev–Trinajstić information content (AvgIpc) is 2.22. The van der Waals surface area contributed by atoms with E-state index >= 15 is 0 Å². The largest absolute Gasteiger partial charge is 0.481 e. The van der Waals surface area contributed by atoms with Gasteiger partial charge in [0.1, 0.15) is 0 Å². The summed E-state index contributed by atoms with van der Waals surface area (Å²) in [4.78, 5) is 21.8. The zero-order valence-corrected chi connectivity index (χ0v) is 9.49. The van der Waals surface area contributed by atoms with Gasteiger partial charge in [-0.25, -0.2) is 0 Å². The Hall–Kier alpha value is -1.78. The molecule has 0 fully saturated rings. The fourth-order valence-corrected chi connectivity index (χ4v) is 1.55. The summed E-state index contributed by atoms with van der Waals surface area (Å²) in [5.74, 6) is -0.796. The molecule has 5 heteroatoms. The molecule has 5 nitrogen and oxygen atoms in total. The van der Waals surface area contributed by atoms with Gasteiger partial charge >= 0.3 is 5.97 Å². The van der Waals surface area contributed by atoms with E-state index in [9.17, 15) is 9.59 Å². The van der Waals surface area contributed by atoms with Crippen molar-refractivity contribution in [3.05, 3.63) is 28.2 Å². The number of carboxylic acids is 1. The molecule has 16 heavy (non-hydrogen) atoms. The number of aryl methyl sites for hydroxylation is 2. The van der Waals surface area contributed by atoms with E-state index < -0.39 is 5.97 Å². The predicted molar refractivity (Wildman–Crippen MR) is 61.8 cm³/mol. The quantitative estimate of drug-likeness (QED) is 0.777. The second-order valence-corrected chi connectivity index (χ2v) is 3.66. The van der Waals surface area contributed by atoms with Crippen LogP contribution in [0.4, 0.5) is 5.69 Å². The molecule has 0 atom stereocenters. The standard InChI is InChI=1S/C11H16N2O3/c1-12-9-6-10(14)13(2)7-8(9)4-3-5-11(15)16/h6-7,12H,3-5H2,1-2H3,(H,15,16). The van der Waals surface area contributed by atoms with E-state index in [1.54, 1.807) is 20.3 Å². The van der Waals surface area contributed by atoms with E-state index in [2.05, 4.69) is 5.32 Å². The van der Waals surface area contributed by atoms with Crippen LogP contribution in [-0.4, -0.2) is 22.7 Å². The number of anilines is 1. The number of carbonyl (C=O) groups is 1. The Morgan fingerprint density at radius 1 is 1.56 bits per heavy atom. The number of aliphatic carboxylic acids is 1. The van der Waals surface area contributed by atoms with Gasteiger partial charge in [-0.3, -0.25) is 9.59 Å². The fraction of sp³-hybridized carbons (Fsp3) is 0.455. The van der Waals surface area contributed by atoms with E-state index in [4.69, 9.17) is 5.11 Å². The van der Waals surface area contributed by atoms with Crippen molar-refractivity contribution in [3.63, 3.8) is 0 Å². The lowest BCUT2D eigenvalue weighted by Gasteiger charge is -2.09. The van der Waals surface area contributed by atoms with Crippen molar-refractivity contribution in [3.8, 4) is 0 Å². The van der Waals surface area contributed by atoms with Crippen molar-refractivity contribution in [2.75, 3.05) is 12.4 Å². The maximum absolute atomic E-state index is 11.4. The molecule has 0 amide bonds. The molecule has 0 unspecified atom stereocenters. The topological polar surface area (TPSA) is 71.3 Å². The molecule has 0 aliphatic carbocycles. The van der Waals surface area contributed by atoms with Crippen molar-refractivity contribution in [2.24, 2.45) is 7.05 Å². The Labute approximate surface area is 93.7 Å². The molecule has 0 saturated heterocycles. The normalized spacial score (nSPS) is 10.1. The van der Waals surface area contributed by atoms with Crippen LogP contribution in [0.2, 0.25) is 0 Å². The van der Waals surface area contributed by atoms with Gasteiger partial charge in [0.2, 0.25) is 0 Å². The number of rotatable bonds is 5. The maximum atomic E-state index is 11.4. The molecule has 2 N–H and O–H groups in total. The van der Waals surface area contributed by atoms with Crippen LogP contribution in [0, 0.1) is 0 Å². The van der Waals surface area contributed by atoms with Gasteiger partial charge in [-0.15, -0.1) is 0 Å². The molecule has 1 aromatic heterocycles. The highest BCUT2D eigenvalue weighted by Crippen LogP contribution is 2.14. The number of pyridine rings is 1. The molecular formula is C11H16N2O3. The molecule has 1 heterocycles.